The highest BCUT2D eigenvalue weighted by atomic mass is 32.2. The van der Waals surface area contributed by atoms with Crippen molar-refractivity contribution in [3.05, 3.63) is 24.3 Å². The number of phenolic OH excluding ortho intramolecular Hbond substituents is 1. The summed E-state index contributed by atoms with van der Waals surface area (Å²) in [6.45, 7) is 0.861. The van der Waals surface area contributed by atoms with Crippen LogP contribution in [0.25, 0.3) is 0 Å². The zero-order valence-electron chi connectivity index (χ0n) is 7.13. The summed E-state index contributed by atoms with van der Waals surface area (Å²) in [7, 11) is 0. The maximum absolute atomic E-state index is 12.4. The van der Waals surface area contributed by atoms with E-state index in [4.69, 9.17) is 0 Å². The minimum Gasteiger partial charge on any atom is -0.507 e. The Balaban J connectivity index is 2.60. The van der Waals surface area contributed by atoms with Gasteiger partial charge in [0.05, 0.1) is 5.75 Å². The van der Waals surface area contributed by atoms with Gasteiger partial charge in [-0.15, -0.1) is 11.8 Å². The van der Waals surface area contributed by atoms with Gasteiger partial charge in [-0.25, -0.2) is 8.78 Å². The van der Waals surface area contributed by atoms with E-state index in [1.54, 1.807) is 18.2 Å². The molecule has 0 aliphatic carbocycles. The molecule has 72 valence electrons. The Kier molecular flexibility index (Phi) is 3.14. The quantitative estimate of drug-likeness (QED) is 0.763. The normalized spacial score (nSPS) is 11.6. The molecule has 0 heterocycles. The number of alkyl halides is 2. The second-order valence-electron chi connectivity index (χ2n) is 2.83. The van der Waals surface area contributed by atoms with Crippen LogP contribution in [0.2, 0.25) is 0 Å². The van der Waals surface area contributed by atoms with Gasteiger partial charge in [-0.2, -0.15) is 0 Å². The fourth-order valence-corrected chi connectivity index (χ4v) is 1.58. The second-order valence-corrected chi connectivity index (χ2v) is 3.84. The lowest BCUT2D eigenvalue weighted by atomic mass is 10.3. The number of halogens is 2. The zero-order chi connectivity index (χ0) is 9.90. The molecule has 1 aromatic rings. The number of rotatable bonds is 3. The summed E-state index contributed by atoms with van der Waals surface area (Å²) < 4.78 is 24.9. The minimum atomic E-state index is -2.70. The maximum Gasteiger partial charge on any atom is 0.254 e. The van der Waals surface area contributed by atoms with Crippen molar-refractivity contribution in [3.63, 3.8) is 0 Å². The minimum absolute atomic E-state index is 0.0525. The first-order chi connectivity index (χ1) is 5.99. The number of aromatic hydroxyl groups is 1. The van der Waals surface area contributed by atoms with Crippen LogP contribution in [0.15, 0.2) is 29.2 Å². The fourth-order valence-electron chi connectivity index (χ4n) is 0.784. The summed E-state index contributed by atoms with van der Waals surface area (Å²) >= 11 is 0.954. The number of benzene rings is 1. The molecule has 0 saturated carbocycles. The fraction of sp³-hybridized carbons (Fsp3) is 0.333. The van der Waals surface area contributed by atoms with Gasteiger partial charge in [0, 0.05) is 11.8 Å². The van der Waals surface area contributed by atoms with E-state index in [1.807, 2.05) is 0 Å². The molecule has 0 spiro atoms. The number of hydrogen-bond donors (Lipinski definition) is 1. The van der Waals surface area contributed by atoms with Crippen molar-refractivity contribution in [1.82, 2.24) is 0 Å². The van der Waals surface area contributed by atoms with E-state index < -0.39 is 5.92 Å². The van der Waals surface area contributed by atoms with Crippen molar-refractivity contribution >= 4 is 11.8 Å². The van der Waals surface area contributed by atoms with E-state index >= 15 is 0 Å². The van der Waals surface area contributed by atoms with Crippen LogP contribution in [0.3, 0.4) is 0 Å². The molecule has 0 saturated heterocycles. The SMILES string of the molecule is CC(F)(F)CSc1ccccc1O. The van der Waals surface area contributed by atoms with Crippen LogP contribution in [-0.2, 0) is 0 Å². The van der Waals surface area contributed by atoms with Crippen LogP contribution >= 0.6 is 11.8 Å². The molecule has 0 atom stereocenters. The molecule has 0 unspecified atom stereocenters. The van der Waals surface area contributed by atoms with Crippen molar-refractivity contribution in [1.29, 1.82) is 0 Å². The molecule has 0 aromatic heterocycles. The Morgan fingerprint density at radius 1 is 1.38 bits per heavy atom. The topological polar surface area (TPSA) is 20.2 Å². The van der Waals surface area contributed by atoms with Crippen LogP contribution in [-0.4, -0.2) is 16.8 Å². The summed E-state index contributed by atoms with van der Waals surface area (Å²) in [5.74, 6) is -2.96. The lowest BCUT2D eigenvalue weighted by Crippen LogP contribution is -2.12. The van der Waals surface area contributed by atoms with Crippen molar-refractivity contribution in [3.8, 4) is 5.75 Å². The van der Waals surface area contributed by atoms with Crippen LogP contribution in [0.4, 0.5) is 8.78 Å². The molecule has 1 N–H and O–H groups in total. The van der Waals surface area contributed by atoms with Gasteiger partial charge < -0.3 is 5.11 Å². The van der Waals surface area contributed by atoms with Crippen molar-refractivity contribution < 1.29 is 13.9 Å². The van der Waals surface area contributed by atoms with E-state index in [9.17, 15) is 13.9 Å². The van der Waals surface area contributed by atoms with Crippen molar-refractivity contribution in [2.45, 2.75) is 17.7 Å². The second kappa shape index (κ2) is 3.96. The standard InChI is InChI=1S/C9H10F2OS/c1-9(10,11)6-13-8-5-3-2-4-7(8)12/h2-5,12H,6H2,1H3. The van der Waals surface area contributed by atoms with E-state index in [2.05, 4.69) is 0 Å². The van der Waals surface area contributed by atoms with E-state index in [0.717, 1.165) is 18.7 Å². The molecule has 0 aliphatic rings. The first-order valence-corrected chi connectivity index (χ1v) is 4.76. The molecule has 0 amide bonds. The molecule has 4 heteroatoms. The molecule has 1 rings (SSSR count). The van der Waals surface area contributed by atoms with Gasteiger partial charge in [0.25, 0.3) is 5.92 Å². The third kappa shape index (κ3) is 3.63. The van der Waals surface area contributed by atoms with Gasteiger partial charge in [-0.05, 0) is 12.1 Å². The molecule has 0 bridgehead atoms. The van der Waals surface area contributed by atoms with Gasteiger partial charge in [0.2, 0.25) is 0 Å². The third-order valence-electron chi connectivity index (χ3n) is 1.35. The molecule has 0 radical (unpaired) electrons. The Hall–Kier alpha value is -0.770. The number of phenols is 1. The van der Waals surface area contributed by atoms with Crippen LogP contribution in [0.5, 0.6) is 5.75 Å². The highest BCUT2D eigenvalue weighted by Gasteiger charge is 2.21. The number of para-hydroxylation sites is 1. The average Bonchev–Trinajstić information content (AvgIpc) is 2.01. The van der Waals surface area contributed by atoms with E-state index in [1.165, 1.54) is 6.07 Å². The summed E-state index contributed by atoms with van der Waals surface area (Å²) in [4.78, 5) is 0.490. The summed E-state index contributed by atoms with van der Waals surface area (Å²) in [6, 6.07) is 6.46. The molecule has 1 nitrogen and oxygen atoms in total. The Bertz CT molecular complexity index is 283. The lowest BCUT2D eigenvalue weighted by Gasteiger charge is -2.09. The average molecular weight is 204 g/mol. The van der Waals surface area contributed by atoms with Gasteiger partial charge in [-0.1, -0.05) is 12.1 Å². The highest BCUT2D eigenvalue weighted by Crippen LogP contribution is 2.31. The third-order valence-corrected chi connectivity index (χ3v) is 2.65. The molecular formula is C9H10F2OS. The maximum atomic E-state index is 12.4. The molecule has 13 heavy (non-hydrogen) atoms. The zero-order valence-corrected chi connectivity index (χ0v) is 7.94. The van der Waals surface area contributed by atoms with Crippen LogP contribution in [0.1, 0.15) is 6.92 Å². The predicted molar refractivity (Wildman–Crippen MR) is 49.5 cm³/mol. The monoisotopic (exact) mass is 204 g/mol. The smallest absolute Gasteiger partial charge is 0.254 e. The Morgan fingerprint density at radius 3 is 2.54 bits per heavy atom. The lowest BCUT2D eigenvalue weighted by molar-refractivity contribution is 0.0492. The van der Waals surface area contributed by atoms with E-state index in [0.29, 0.717) is 4.90 Å². The van der Waals surface area contributed by atoms with Crippen LogP contribution in [0, 0.1) is 0 Å². The van der Waals surface area contributed by atoms with Crippen molar-refractivity contribution in [2.75, 3.05) is 5.75 Å². The number of thioether (sulfide) groups is 1. The van der Waals surface area contributed by atoms with Gasteiger partial charge in [0.15, 0.2) is 0 Å². The van der Waals surface area contributed by atoms with Gasteiger partial charge >= 0.3 is 0 Å². The first-order valence-electron chi connectivity index (χ1n) is 3.78. The Morgan fingerprint density at radius 2 is 2.00 bits per heavy atom. The Labute approximate surface area is 79.8 Å². The molecular weight excluding hydrogens is 194 g/mol. The van der Waals surface area contributed by atoms with Gasteiger partial charge in [0.1, 0.15) is 5.75 Å². The molecule has 0 fully saturated rings. The number of hydrogen-bond acceptors (Lipinski definition) is 2. The summed E-state index contributed by atoms with van der Waals surface area (Å²) in [5, 5.41) is 9.24. The summed E-state index contributed by atoms with van der Waals surface area (Å²) in [5.41, 5.74) is 0. The highest BCUT2D eigenvalue weighted by molar-refractivity contribution is 7.99. The van der Waals surface area contributed by atoms with E-state index in [-0.39, 0.29) is 11.5 Å². The predicted octanol–water partition coefficient (Wildman–Crippen LogP) is 3.14. The molecule has 1 aromatic carbocycles. The summed E-state index contributed by atoms with van der Waals surface area (Å²) in [6.07, 6.45) is 0. The van der Waals surface area contributed by atoms with Crippen molar-refractivity contribution in [2.24, 2.45) is 0 Å². The molecule has 0 aliphatic heterocycles. The largest absolute Gasteiger partial charge is 0.507 e. The van der Waals surface area contributed by atoms with Crippen LogP contribution < -0.4 is 0 Å². The van der Waals surface area contributed by atoms with Gasteiger partial charge in [-0.3, -0.25) is 0 Å². The first kappa shape index (κ1) is 10.3.